The van der Waals surface area contributed by atoms with Gasteiger partial charge in [-0.15, -0.1) is 0 Å². The van der Waals surface area contributed by atoms with E-state index < -0.39 is 5.97 Å². The smallest absolute Gasteiger partial charge is 0.358 e. The quantitative estimate of drug-likeness (QED) is 0.806. The Labute approximate surface area is 112 Å². The van der Waals surface area contributed by atoms with Crippen LogP contribution in [0, 0.1) is 5.92 Å². The summed E-state index contributed by atoms with van der Waals surface area (Å²) in [6, 6.07) is 0. The molecule has 2 heterocycles. The molecule has 0 saturated carbocycles. The first-order valence-corrected chi connectivity index (χ1v) is 6.67. The minimum atomic E-state index is -1.05. The van der Waals surface area contributed by atoms with Crippen molar-refractivity contribution in [3.8, 4) is 0 Å². The number of carboxylic acids is 1. The van der Waals surface area contributed by atoms with Gasteiger partial charge in [0.25, 0.3) is 0 Å². The predicted octanol–water partition coefficient (Wildman–Crippen LogP) is 1.32. The zero-order chi connectivity index (χ0) is 13.7. The molecular formula is C13H20N4O2. The fourth-order valence-corrected chi connectivity index (χ4v) is 2.37. The molecule has 0 bridgehead atoms. The van der Waals surface area contributed by atoms with Gasteiger partial charge in [-0.3, -0.25) is 0 Å². The van der Waals surface area contributed by atoms with Crippen LogP contribution in [0.25, 0.3) is 0 Å². The number of hydrogen-bond donors (Lipinski definition) is 2. The highest BCUT2D eigenvalue weighted by atomic mass is 16.4. The Morgan fingerprint density at radius 3 is 2.79 bits per heavy atom. The molecular weight excluding hydrogens is 244 g/mol. The Kier molecular flexibility index (Phi) is 4.68. The topological polar surface area (TPSA) is 78.3 Å². The van der Waals surface area contributed by atoms with Gasteiger partial charge >= 0.3 is 5.97 Å². The zero-order valence-electron chi connectivity index (χ0n) is 11.2. The Bertz CT molecular complexity index is 432. The second-order valence-electron chi connectivity index (χ2n) is 5.05. The SMILES string of the molecule is CC(CNc1nccnc1C(=O)O)CN1CCCC1. The van der Waals surface area contributed by atoms with Crippen molar-refractivity contribution in [1.82, 2.24) is 14.9 Å². The van der Waals surface area contributed by atoms with Crippen molar-refractivity contribution in [2.45, 2.75) is 19.8 Å². The van der Waals surface area contributed by atoms with Crippen LogP contribution in [-0.2, 0) is 0 Å². The van der Waals surface area contributed by atoms with Crippen LogP contribution < -0.4 is 5.32 Å². The van der Waals surface area contributed by atoms with E-state index in [9.17, 15) is 4.79 Å². The summed E-state index contributed by atoms with van der Waals surface area (Å²) in [5.41, 5.74) is -0.0177. The van der Waals surface area contributed by atoms with E-state index in [1.165, 1.54) is 38.3 Å². The molecule has 0 aliphatic carbocycles. The first kappa shape index (κ1) is 13.7. The number of aromatic carboxylic acids is 1. The molecule has 1 fully saturated rings. The standard InChI is InChI=1S/C13H20N4O2/c1-10(9-17-6-2-3-7-17)8-16-12-11(13(18)19)14-4-5-15-12/h4-5,10H,2-3,6-9H2,1H3,(H,15,16)(H,18,19). The van der Waals surface area contributed by atoms with Gasteiger partial charge in [0.05, 0.1) is 0 Å². The van der Waals surface area contributed by atoms with Crippen molar-refractivity contribution < 1.29 is 9.90 Å². The lowest BCUT2D eigenvalue weighted by atomic mass is 10.1. The van der Waals surface area contributed by atoms with Gasteiger partial charge in [-0.1, -0.05) is 6.92 Å². The number of aromatic nitrogens is 2. The number of carboxylic acid groups (broad SMARTS) is 1. The number of anilines is 1. The van der Waals surface area contributed by atoms with E-state index >= 15 is 0 Å². The van der Waals surface area contributed by atoms with Crippen LogP contribution >= 0.6 is 0 Å². The average Bonchev–Trinajstić information content (AvgIpc) is 2.89. The third-order valence-electron chi connectivity index (χ3n) is 3.29. The summed E-state index contributed by atoms with van der Waals surface area (Å²) in [7, 11) is 0. The van der Waals surface area contributed by atoms with E-state index in [4.69, 9.17) is 5.11 Å². The molecule has 0 spiro atoms. The van der Waals surface area contributed by atoms with Crippen molar-refractivity contribution in [1.29, 1.82) is 0 Å². The lowest BCUT2D eigenvalue weighted by Gasteiger charge is -2.20. The molecule has 1 aromatic heterocycles. The van der Waals surface area contributed by atoms with Crippen LogP contribution in [0.3, 0.4) is 0 Å². The monoisotopic (exact) mass is 264 g/mol. The van der Waals surface area contributed by atoms with Gasteiger partial charge in [0.2, 0.25) is 0 Å². The van der Waals surface area contributed by atoms with E-state index in [0.29, 0.717) is 18.3 Å². The molecule has 1 aromatic rings. The lowest BCUT2D eigenvalue weighted by Crippen LogP contribution is -2.29. The predicted molar refractivity (Wildman–Crippen MR) is 72.3 cm³/mol. The molecule has 104 valence electrons. The molecule has 0 radical (unpaired) electrons. The van der Waals surface area contributed by atoms with Gasteiger partial charge in [-0.25, -0.2) is 14.8 Å². The second-order valence-corrected chi connectivity index (χ2v) is 5.05. The summed E-state index contributed by atoms with van der Waals surface area (Å²) in [5, 5.41) is 12.1. The molecule has 1 unspecified atom stereocenters. The second kappa shape index (κ2) is 6.47. The van der Waals surface area contributed by atoms with E-state index in [-0.39, 0.29) is 5.69 Å². The van der Waals surface area contributed by atoms with Gasteiger partial charge < -0.3 is 15.3 Å². The van der Waals surface area contributed by atoms with Crippen molar-refractivity contribution >= 4 is 11.8 Å². The van der Waals surface area contributed by atoms with Crippen LogP contribution in [0.2, 0.25) is 0 Å². The molecule has 1 aliphatic rings. The van der Waals surface area contributed by atoms with E-state index in [2.05, 4.69) is 27.1 Å². The molecule has 0 aromatic carbocycles. The van der Waals surface area contributed by atoms with E-state index in [1.54, 1.807) is 0 Å². The fourth-order valence-electron chi connectivity index (χ4n) is 2.37. The van der Waals surface area contributed by atoms with Crippen LogP contribution in [0.5, 0.6) is 0 Å². The molecule has 1 aliphatic heterocycles. The molecule has 1 atom stereocenters. The number of rotatable bonds is 6. The summed E-state index contributed by atoms with van der Waals surface area (Å²) < 4.78 is 0. The zero-order valence-corrected chi connectivity index (χ0v) is 11.2. The number of hydrogen-bond acceptors (Lipinski definition) is 5. The molecule has 19 heavy (non-hydrogen) atoms. The van der Waals surface area contributed by atoms with Gasteiger partial charge in [0, 0.05) is 25.5 Å². The third-order valence-corrected chi connectivity index (χ3v) is 3.29. The molecule has 1 saturated heterocycles. The third kappa shape index (κ3) is 3.89. The molecule has 2 rings (SSSR count). The number of nitrogens with zero attached hydrogens (tertiary/aromatic N) is 3. The highest BCUT2D eigenvalue weighted by Gasteiger charge is 2.16. The van der Waals surface area contributed by atoms with Crippen LogP contribution in [0.4, 0.5) is 5.82 Å². The Hall–Kier alpha value is -1.69. The van der Waals surface area contributed by atoms with E-state index in [1.807, 2.05) is 0 Å². The van der Waals surface area contributed by atoms with Crippen LogP contribution in [0.1, 0.15) is 30.3 Å². The summed E-state index contributed by atoms with van der Waals surface area (Å²) in [5.74, 6) is -0.257. The van der Waals surface area contributed by atoms with Crippen molar-refractivity contribution in [2.75, 3.05) is 31.5 Å². The first-order chi connectivity index (χ1) is 9.16. The van der Waals surface area contributed by atoms with Crippen molar-refractivity contribution in [3.63, 3.8) is 0 Å². The number of nitrogens with one attached hydrogen (secondary N) is 1. The number of carbonyl (C=O) groups is 1. The van der Waals surface area contributed by atoms with Gasteiger partial charge in [-0.2, -0.15) is 0 Å². The van der Waals surface area contributed by atoms with E-state index in [0.717, 1.165) is 6.54 Å². The Morgan fingerprint density at radius 2 is 2.11 bits per heavy atom. The number of likely N-dealkylation sites (tertiary alicyclic amines) is 1. The maximum absolute atomic E-state index is 11.0. The summed E-state index contributed by atoms with van der Waals surface area (Å²) in [6.07, 6.45) is 5.46. The minimum Gasteiger partial charge on any atom is -0.476 e. The minimum absolute atomic E-state index is 0.0177. The summed E-state index contributed by atoms with van der Waals surface area (Å²) >= 11 is 0. The maximum atomic E-state index is 11.0. The fraction of sp³-hybridized carbons (Fsp3) is 0.615. The van der Waals surface area contributed by atoms with Gasteiger partial charge in [0.15, 0.2) is 11.5 Å². The molecule has 6 heteroatoms. The lowest BCUT2D eigenvalue weighted by molar-refractivity contribution is 0.0691. The van der Waals surface area contributed by atoms with Crippen molar-refractivity contribution in [2.24, 2.45) is 5.92 Å². The molecule has 2 N–H and O–H groups in total. The Morgan fingerprint density at radius 1 is 1.42 bits per heavy atom. The summed E-state index contributed by atoms with van der Waals surface area (Å²) in [6.45, 7) is 6.25. The van der Waals surface area contributed by atoms with Gasteiger partial charge in [0.1, 0.15) is 0 Å². The van der Waals surface area contributed by atoms with Crippen LogP contribution in [0.15, 0.2) is 12.4 Å². The largest absolute Gasteiger partial charge is 0.476 e. The van der Waals surface area contributed by atoms with Gasteiger partial charge in [-0.05, 0) is 31.8 Å². The van der Waals surface area contributed by atoms with Crippen LogP contribution in [-0.4, -0.2) is 52.1 Å². The van der Waals surface area contributed by atoms with Crippen molar-refractivity contribution in [3.05, 3.63) is 18.1 Å². The Balaban J connectivity index is 1.85. The normalized spacial score (nSPS) is 17.3. The highest BCUT2D eigenvalue weighted by molar-refractivity contribution is 5.90. The summed E-state index contributed by atoms with van der Waals surface area (Å²) in [4.78, 5) is 21.3. The average molecular weight is 264 g/mol. The molecule has 0 amide bonds. The maximum Gasteiger partial charge on any atom is 0.358 e. The highest BCUT2D eigenvalue weighted by Crippen LogP contribution is 2.12. The molecule has 6 nitrogen and oxygen atoms in total. The first-order valence-electron chi connectivity index (χ1n) is 6.67.